The number of carbonyl (C=O) groups excluding carboxylic acids is 1. The average molecular weight is 319 g/mol. The van der Waals surface area contributed by atoms with Crippen molar-refractivity contribution in [1.29, 1.82) is 0 Å². The van der Waals surface area contributed by atoms with Crippen molar-refractivity contribution < 1.29 is 4.79 Å². The van der Waals surface area contributed by atoms with E-state index in [1.54, 1.807) is 17.4 Å². The summed E-state index contributed by atoms with van der Waals surface area (Å²) < 4.78 is 2.00. The molecule has 3 rings (SSSR count). The molecule has 0 unspecified atom stereocenters. The maximum Gasteiger partial charge on any atom is 0.253 e. The summed E-state index contributed by atoms with van der Waals surface area (Å²) in [4.78, 5) is 18.3. The zero-order chi connectivity index (χ0) is 16.9. The van der Waals surface area contributed by atoms with Gasteiger partial charge in [-0.3, -0.25) is 4.79 Å². The summed E-state index contributed by atoms with van der Waals surface area (Å²) in [6, 6.07) is 16.0. The molecule has 1 amide bonds. The van der Waals surface area contributed by atoms with Crippen molar-refractivity contribution in [3.63, 3.8) is 0 Å². The fourth-order valence-corrected chi connectivity index (χ4v) is 2.60. The van der Waals surface area contributed by atoms with Crippen LogP contribution in [0.5, 0.6) is 0 Å². The van der Waals surface area contributed by atoms with Gasteiger partial charge in [0, 0.05) is 38.1 Å². The minimum Gasteiger partial charge on any atom is -0.337 e. The van der Waals surface area contributed by atoms with Crippen LogP contribution in [0.4, 0.5) is 0 Å². The van der Waals surface area contributed by atoms with Crippen LogP contribution in [0.15, 0.2) is 67.3 Å². The maximum absolute atomic E-state index is 12.6. The molecule has 2 aromatic carbocycles. The molecule has 0 aliphatic heterocycles. The van der Waals surface area contributed by atoms with Crippen molar-refractivity contribution >= 4 is 5.91 Å². The summed E-state index contributed by atoms with van der Waals surface area (Å²) in [6.45, 7) is 3.42. The van der Waals surface area contributed by atoms with Crippen molar-refractivity contribution in [2.45, 2.75) is 20.0 Å². The Bertz CT molecular complexity index is 790. The minimum atomic E-state index is 0.0322. The van der Waals surface area contributed by atoms with Crippen molar-refractivity contribution in [1.82, 2.24) is 14.5 Å². The molecule has 24 heavy (non-hydrogen) atoms. The van der Waals surface area contributed by atoms with E-state index in [9.17, 15) is 4.79 Å². The van der Waals surface area contributed by atoms with E-state index in [1.165, 1.54) is 5.56 Å². The molecule has 0 aliphatic carbocycles. The minimum absolute atomic E-state index is 0.0322. The molecule has 0 saturated carbocycles. The Morgan fingerprint density at radius 1 is 1.04 bits per heavy atom. The lowest BCUT2D eigenvalue weighted by Gasteiger charge is -2.17. The van der Waals surface area contributed by atoms with Gasteiger partial charge in [-0.2, -0.15) is 0 Å². The van der Waals surface area contributed by atoms with Gasteiger partial charge in [0.1, 0.15) is 0 Å². The SMILES string of the molecule is Cc1ccc(CN(C)C(=O)c2ccc(Cn3ccnc3)cc2)cc1. The molecule has 0 N–H and O–H groups in total. The molecule has 122 valence electrons. The third kappa shape index (κ3) is 3.90. The molecule has 0 saturated heterocycles. The average Bonchev–Trinajstić information content (AvgIpc) is 3.10. The standard InChI is InChI=1S/C20H21N3O/c1-16-3-5-17(6-4-16)13-22(2)20(24)19-9-7-18(8-10-19)14-23-12-11-21-15-23/h3-12,15H,13-14H2,1-2H3. The summed E-state index contributed by atoms with van der Waals surface area (Å²) in [5.74, 6) is 0.0322. The lowest BCUT2D eigenvalue weighted by Crippen LogP contribution is -2.26. The molecule has 1 heterocycles. The van der Waals surface area contributed by atoms with Gasteiger partial charge in [-0.15, -0.1) is 0 Å². The number of rotatable bonds is 5. The number of hydrogen-bond acceptors (Lipinski definition) is 2. The Morgan fingerprint density at radius 3 is 2.33 bits per heavy atom. The molecular weight excluding hydrogens is 298 g/mol. The smallest absolute Gasteiger partial charge is 0.253 e. The van der Waals surface area contributed by atoms with Crippen molar-refractivity contribution in [2.24, 2.45) is 0 Å². The van der Waals surface area contributed by atoms with E-state index in [2.05, 4.69) is 36.2 Å². The second-order valence-electron chi connectivity index (χ2n) is 6.08. The largest absolute Gasteiger partial charge is 0.337 e. The van der Waals surface area contributed by atoms with Crippen LogP contribution in [0.1, 0.15) is 27.0 Å². The fraction of sp³-hybridized carbons (Fsp3) is 0.200. The molecule has 0 spiro atoms. The second kappa shape index (κ2) is 7.13. The van der Waals surface area contributed by atoms with Gasteiger partial charge in [-0.25, -0.2) is 4.98 Å². The van der Waals surface area contributed by atoms with Crippen LogP contribution in [0.2, 0.25) is 0 Å². The van der Waals surface area contributed by atoms with Crippen LogP contribution >= 0.6 is 0 Å². The van der Waals surface area contributed by atoms with Crippen LogP contribution in [-0.2, 0) is 13.1 Å². The second-order valence-corrected chi connectivity index (χ2v) is 6.08. The molecule has 4 heteroatoms. The van der Waals surface area contributed by atoms with E-state index < -0.39 is 0 Å². The molecule has 4 nitrogen and oxygen atoms in total. The highest BCUT2D eigenvalue weighted by Gasteiger charge is 2.12. The van der Waals surface area contributed by atoms with E-state index in [1.807, 2.05) is 42.1 Å². The number of nitrogens with zero attached hydrogens (tertiary/aromatic N) is 3. The lowest BCUT2D eigenvalue weighted by molar-refractivity contribution is 0.0785. The summed E-state index contributed by atoms with van der Waals surface area (Å²) in [6.07, 6.45) is 5.47. The number of hydrogen-bond donors (Lipinski definition) is 0. The Balaban J connectivity index is 1.64. The third-order valence-electron chi connectivity index (χ3n) is 4.01. The Morgan fingerprint density at radius 2 is 1.71 bits per heavy atom. The Hall–Kier alpha value is -2.88. The first-order chi connectivity index (χ1) is 11.6. The maximum atomic E-state index is 12.6. The highest BCUT2D eigenvalue weighted by atomic mass is 16.2. The Labute approximate surface area is 142 Å². The van der Waals surface area contributed by atoms with E-state index in [0.717, 1.165) is 17.7 Å². The third-order valence-corrected chi connectivity index (χ3v) is 4.01. The highest BCUT2D eigenvalue weighted by molar-refractivity contribution is 5.94. The van der Waals surface area contributed by atoms with Crippen LogP contribution in [0.25, 0.3) is 0 Å². The Kier molecular flexibility index (Phi) is 4.75. The summed E-state index contributed by atoms with van der Waals surface area (Å²) >= 11 is 0. The predicted octanol–water partition coefficient (Wildman–Crippen LogP) is 3.51. The van der Waals surface area contributed by atoms with E-state index >= 15 is 0 Å². The molecule has 0 radical (unpaired) electrons. The van der Waals surface area contributed by atoms with Crippen LogP contribution in [0.3, 0.4) is 0 Å². The van der Waals surface area contributed by atoms with Gasteiger partial charge in [0.25, 0.3) is 5.91 Å². The molecule has 1 aromatic heterocycles. The zero-order valence-corrected chi connectivity index (χ0v) is 14.0. The predicted molar refractivity (Wildman–Crippen MR) is 94.7 cm³/mol. The van der Waals surface area contributed by atoms with Crippen LogP contribution < -0.4 is 0 Å². The first-order valence-electron chi connectivity index (χ1n) is 7.97. The van der Waals surface area contributed by atoms with Gasteiger partial charge >= 0.3 is 0 Å². The van der Waals surface area contributed by atoms with Gasteiger partial charge in [0.2, 0.25) is 0 Å². The number of amides is 1. The van der Waals surface area contributed by atoms with Gasteiger partial charge in [0.05, 0.1) is 6.33 Å². The lowest BCUT2D eigenvalue weighted by atomic mass is 10.1. The van der Waals surface area contributed by atoms with Crippen LogP contribution in [-0.4, -0.2) is 27.4 Å². The molecule has 3 aromatic rings. The van der Waals surface area contributed by atoms with E-state index in [-0.39, 0.29) is 5.91 Å². The van der Waals surface area contributed by atoms with Gasteiger partial charge < -0.3 is 9.47 Å². The van der Waals surface area contributed by atoms with Gasteiger partial charge in [-0.1, -0.05) is 42.0 Å². The molecule has 0 fully saturated rings. The normalized spacial score (nSPS) is 10.6. The zero-order valence-electron chi connectivity index (χ0n) is 14.0. The number of carbonyl (C=O) groups is 1. The number of aromatic nitrogens is 2. The van der Waals surface area contributed by atoms with Gasteiger partial charge in [-0.05, 0) is 30.2 Å². The quantitative estimate of drug-likeness (QED) is 0.722. The fourth-order valence-electron chi connectivity index (χ4n) is 2.60. The molecule has 0 atom stereocenters. The van der Waals surface area contributed by atoms with Crippen LogP contribution in [0, 0.1) is 6.92 Å². The monoisotopic (exact) mass is 319 g/mol. The number of aryl methyl sites for hydroxylation is 1. The first-order valence-corrected chi connectivity index (χ1v) is 7.97. The molecular formula is C20H21N3O. The first kappa shape index (κ1) is 16.0. The number of benzene rings is 2. The van der Waals surface area contributed by atoms with Gasteiger partial charge in [0.15, 0.2) is 0 Å². The van der Waals surface area contributed by atoms with Crippen molar-refractivity contribution in [2.75, 3.05) is 7.05 Å². The van der Waals surface area contributed by atoms with Crippen molar-refractivity contribution in [3.8, 4) is 0 Å². The number of imidazole rings is 1. The topological polar surface area (TPSA) is 38.1 Å². The van der Waals surface area contributed by atoms with E-state index in [4.69, 9.17) is 0 Å². The summed E-state index contributed by atoms with van der Waals surface area (Å²) in [5.41, 5.74) is 4.21. The van der Waals surface area contributed by atoms with Crippen molar-refractivity contribution in [3.05, 3.63) is 89.5 Å². The molecule has 0 bridgehead atoms. The van der Waals surface area contributed by atoms with E-state index in [0.29, 0.717) is 12.1 Å². The molecule has 0 aliphatic rings. The summed E-state index contributed by atoms with van der Waals surface area (Å²) in [7, 11) is 1.83. The highest BCUT2D eigenvalue weighted by Crippen LogP contribution is 2.11. The summed E-state index contributed by atoms with van der Waals surface area (Å²) in [5, 5.41) is 0.